The number of urea groups is 1. The molecule has 0 saturated carbocycles. The van der Waals surface area contributed by atoms with Gasteiger partial charge in [-0.05, 0) is 75.3 Å². The highest BCUT2D eigenvalue weighted by atomic mass is 19.1. The third-order valence-electron chi connectivity index (χ3n) is 5.72. The van der Waals surface area contributed by atoms with Gasteiger partial charge in [-0.25, -0.2) is 22.4 Å². The van der Waals surface area contributed by atoms with Crippen molar-refractivity contribution in [1.29, 1.82) is 0 Å². The molecule has 0 radical (unpaired) electrons. The lowest BCUT2D eigenvalue weighted by Crippen LogP contribution is -2.29. The number of carbonyl (C=O) groups is 1. The van der Waals surface area contributed by atoms with E-state index in [4.69, 9.17) is 11.5 Å². The number of halogens is 4. The number of nitrogens with zero attached hydrogens (tertiary/aromatic N) is 2. The van der Waals surface area contributed by atoms with Crippen molar-refractivity contribution in [2.24, 2.45) is 11.5 Å². The number of carbonyl (C=O) groups excluding carboxylic acids is 1. The molecular formula is C25H29F4N7O2. The number of H-pyrrole nitrogens is 1. The van der Waals surface area contributed by atoms with E-state index in [1.807, 2.05) is 4.90 Å². The molecule has 1 heterocycles. The minimum Gasteiger partial charge on any atom is -0.331 e. The highest BCUT2D eigenvalue weighted by Crippen LogP contribution is 2.24. The lowest BCUT2D eigenvalue weighted by molar-refractivity contribution is 0.254. The molecule has 38 heavy (non-hydrogen) atoms. The van der Waals surface area contributed by atoms with Crippen molar-refractivity contribution in [2.75, 3.05) is 36.8 Å². The Morgan fingerprint density at radius 3 is 2.16 bits per heavy atom. The van der Waals surface area contributed by atoms with Crippen LogP contribution < -0.4 is 27.7 Å². The maximum atomic E-state index is 14.9. The Morgan fingerprint density at radius 1 is 0.947 bits per heavy atom. The third-order valence-corrected chi connectivity index (χ3v) is 5.72. The first-order valence-corrected chi connectivity index (χ1v) is 11.9. The number of amides is 2. The number of anilines is 2. The maximum Gasteiger partial charge on any atom is 0.326 e. The van der Waals surface area contributed by atoms with Crippen molar-refractivity contribution < 1.29 is 22.4 Å². The van der Waals surface area contributed by atoms with Gasteiger partial charge in [-0.1, -0.05) is 0 Å². The molecule has 0 saturated heterocycles. The number of nitrogens with two attached hydrogens (primary N) is 2. The summed E-state index contributed by atoms with van der Waals surface area (Å²) in [6.45, 7) is 3.35. The van der Waals surface area contributed by atoms with E-state index in [1.54, 1.807) is 0 Å². The molecule has 13 heteroatoms. The molecule has 9 nitrogen and oxygen atoms in total. The van der Waals surface area contributed by atoms with Gasteiger partial charge in [0.25, 0.3) is 5.56 Å². The van der Waals surface area contributed by atoms with E-state index < -0.39 is 40.5 Å². The van der Waals surface area contributed by atoms with E-state index >= 15 is 0 Å². The lowest BCUT2D eigenvalue weighted by atomic mass is 10.0. The van der Waals surface area contributed by atoms with Crippen molar-refractivity contribution in [1.82, 2.24) is 14.9 Å². The van der Waals surface area contributed by atoms with E-state index in [1.165, 1.54) is 6.92 Å². The van der Waals surface area contributed by atoms with Gasteiger partial charge in [0, 0.05) is 24.4 Å². The Hall–Kier alpha value is -3.81. The molecule has 2 aromatic carbocycles. The fourth-order valence-electron chi connectivity index (χ4n) is 3.70. The largest absolute Gasteiger partial charge is 0.331 e. The first-order chi connectivity index (χ1) is 18.1. The van der Waals surface area contributed by atoms with E-state index in [2.05, 4.69) is 20.6 Å². The number of hydrogen-bond donors (Lipinski definition) is 5. The van der Waals surface area contributed by atoms with E-state index in [0.29, 0.717) is 39.0 Å². The van der Waals surface area contributed by atoms with Crippen LogP contribution in [0.25, 0.3) is 11.1 Å². The van der Waals surface area contributed by atoms with Gasteiger partial charge in [0.2, 0.25) is 5.95 Å². The van der Waals surface area contributed by atoms with Crippen LogP contribution in [-0.4, -0.2) is 47.1 Å². The summed E-state index contributed by atoms with van der Waals surface area (Å²) >= 11 is 0. The van der Waals surface area contributed by atoms with Gasteiger partial charge < -0.3 is 21.8 Å². The quantitative estimate of drug-likeness (QED) is 0.238. The summed E-state index contributed by atoms with van der Waals surface area (Å²) in [7, 11) is 0. The zero-order valence-electron chi connectivity index (χ0n) is 20.7. The first kappa shape index (κ1) is 28.8. The Morgan fingerprint density at radius 2 is 1.58 bits per heavy atom. The Bertz CT molecular complexity index is 1320. The van der Waals surface area contributed by atoms with Crippen molar-refractivity contribution in [3.63, 3.8) is 0 Å². The molecule has 0 spiro atoms. The SMILES string of the molecule is Cc1cc(F)c(NC(=O)Nc2nc(=O)c(-c3cc(F)c(CN(CCCN)CCCN)c(F)c3)c[nH]2)cc1F. The highest BCUT2D eigenvalue weighted by Gasteiger charge is 2.18. The van der Waals surface area contributed by atoms with Crippen molar-refractivity contribution in [2.45, 2.75) is 26.3 Å². The fraction of sp³-hybridized carbons (Fsp3) is 0.320. The second-order valence-corrected chi connectivity index (χ2v) is 8.61. The van der Waals surface area contributed by atoms with E-state index in [9.17, 15) is 27.2 Å². The minimum atomic E-state index is -1.00. The van der Waals surface area contributed by atoms with Crippen LogP contribution >= 0.6 is 0 Å². The molecule has 3 rings (SSSR count). The number of rotatable bonds is 11. The van der Waals surface area contributed by atoms with Crippen molar-refractivity contribution in [3.05, 3.63) is 75.2 Å². The average molecular weight is 536 g/mol. The summed E-state index contributed by atoms with van der Waals surface area (Å²) in [5, 5.41) is 4.29. The van der Waals surface area contributed by atoms with Gasteiger partial charge in [-0.3, -0.25) is 15.0 Å². The van der Waals surface area contributed by atoms with Crippen LogP contribution in [0.3, 0.4) is 0 Å². The molecule has 2 amide bonds. The monoisotopic (exact) mass is 535 g/mol. The lowest BCUT2D eigenvalue weighted by Gasteiger charge is -2.22. The molecule has 0 bridgehead atoms. The summed E-state index contributed by atoms with van der Waals surface area (Å²) in [4.78, 5) is 32.7. The van der Waals surface area contributed by atoms with Crippen LogP contribution in [-0.2, 0) is 6.54 Å². The number of aryl methyl sites for hydroxylation is 1. The summed E-state index contributed by atoms with van der Waals surface area (Å²) in [6, 6.07) is 2.79. The minimum absolute atomic E-state index is 0.00992. The Balaban J connectivity index is 1.75. The van der Waals surface area contributed by atoms with Crippen LogP contribution in [0.4, 0.5) is 34.0 Å². The molecule has 204 valence electrons. The number of aromatic nitrogens is 2. The molecule has 3 aromatic rings. The van der Waals surface area contributed by atoms with Gasteiger partial charge in [-0.2, -0.15) is 4.98 Å². The predicted octanol–water partition coefficient (Wildman–Crippen LogP) is 3.45. The number of hydrogen-bond acceptors (Lipinski definition) is 6. The van der Waals surface area contributed by atoms with Gasteiger partial charge in [0.15, 0.2) is 0 Å². The number of nitrogens with one attached hydrogen (secondary N) is 3. The Labute approximate surface area is 216 Å². The molecule has 0 aliphatic heterocycles. The predicted molar refractivity (Wildman–Crippen MR) is 137 cm³/mol. The zero-order chi connectivity index (χ0) is 27.8. The van der Waals surface area contributed by atoms with Gasteiger partial charge in [0.05, 0.1) is 11.3 Å². The second-order valence-electron chi connectivity index (χ2n) is 8.61. The topological polar surface area (TPSA) is 142 Å². The molecule has 0 aliphatic rings. The van der Waals surface area contributed by atoms with Gasteiger partial charge >= 0.3 is 6.03 Å². The summed E-state index contributed by atoms with van der Waals surface area (Å²) in [5.41, 5.74) is 9.52. The van der Waals surface area contributed by atoms with Crippen LogP contribution in [0, 0.1) is 30.2 Å². The van der Waals surface area contributed by atoms with Crippen molar-refractivity contribution in [3.8, 4) is 11.1 Å². The van der Waals surface area contributed by atoms with Crippen LogP contribution in [0.2, 0.25) is 0 Å². The molecule has 0 fully saturated rings. The van der Waals surface area contributed by atoms with Crippen molar-refractivity contribution >= 4 is 17.7 Å². The summed E-state index contributed by atoms with van der Waals surface area (Å²) in [5.74, 6) is -3.57. The molecular weight excluding hydrogens is 506 g/mol. The highest BCUT2D eigenvalue weighted by molar-refractivity contribution is 5.98. The molecule has 7 N–H and O–H groups in total. The molecule has 0 unspecified atom stereocenters. The number of benzene rings is 2. The first-order valence-electron chi connectivity index (χ1n) is 11.9. The Kier molecular flexibility index (Phi) is 9.93. The normalized spacial score (nSPS) is 11.2. The molecule has 1 aromatic heterocycles. The maximum absolute atomic E-state index is 14.9. The molecule has 0 atom stereocenters. The standard InChI is InChI=1S/C25H29F4N7O2/c1-14-8-21(29)22(11-18(14)26)33-25(38)35-24-32-12-16(23(37)34-24)15-9-19(27)17(20(28)10-15)13-36(6-2-4-30)7-3-5-31/h8-12H,2-7,13,30-31H2,1H3,(H3,32,33,34,35,37,38). The zero-order valence-corrected chi connectivity index (χ0v) is 20.7. The number of aromatic amines is 1. The van der Waals surface area contributed by atoms with E-state index in [0.717, 1.165) is 30.5 Å². The summed E-state index contributed by atoms with van der Waals surface area (Å²) in [6.07, 6.45) is 2.43. The smallest absolute Gasteiger partial charge is 0.326 e. The summed E-state index contributed by atoms with van der Waals surface area (Å²) < 4.78 is 57.4. The molecule has 0 aliphatic carbocycles. The van der Waals surface area contributed by atoms with E-state index in [-0.39, 0.29) is 34.7 Å². The van der Waals surface area contributed by atoms with Crippen LogP contribution in [0.15, 0.2) is 35.3 Å². The van der Waals surface area contributed by atoms with Gasteiger partial charge in [0.1, 0.15) is 23.3 Å². The van der Waals surface area contributed by atoms with Crippen LogP contribution in [0.5, 0.6) is 0 Å². The third kappa shape index (κ3) is 7.37. The average Bonchev–Trinajstić information content (AvgIpc) is 2.85. The second kappa shape index (κ2) is 13.1. The van der Waals surface area contributed by atoms with Gasteiger partial charge in [-0.15, -0.1) is 0 Å². The fourth-order valence-corrected chi connectivity index (χ4v) is 3.70. The van der Waals surface area contributed by atoms with Crippen LogP contribution in [0.1, 0.15) is 24.0 Å².